The van der Waals surface area contributed by atoms with Gasteiger partial charge < -0.3 is 4.90 Å². The summed E-state index contributed by atoms with van der Waals surface area (Å²) in [6, 6.07) is 72.0. The third-order valence-electron chi connectivity index (χ3n) is 13.4. The van der Waals surface area contributed by atoms with Crippen LogP contribution in [0.3, 0.4) is 0 Å². The van der Waals surface area contributed by atoms with Crippen LogP contribution in [0.5, 0.6) is 0 Å². The summed E-state index contributed by atoms with van der Waals surface area (Å²) in [7, 11) is 0. The standard InChI is InChI=1S/C59H41BN2/c1-3-15-43(16-4-2)62(44-18-6-5-7-19-44)45-32-27-39(28-33-45)41-29-34-46-47-35-30-42(57-36-31-40-17-8-13-26-56(40)61-57)38-53(47)59(52(46)37-41)50-22-10-12-25-55(50)60-54-24-11-9-20-48(54)49-21-14-23-51(59)58(49)60/h3-38H,1H2,2H3/b16-4-,43-15+. The summed E-state index contributed by atoms with van der Waals surface area (Å²) in [6.45, 7) is 6.25. The molecule has 2 nitrogen and oxygen atoms in total. The quantitative estimate of drug-likeness (QED) is 0.118. The summed E-state index contributed by atoms with van der Waals surface area (Å²) < 4.78 is 0. The molecule has 0 bridgehead atoms. The first-order valence-corrected chi connectivity index (χ1v) is 21.6. The molecule has 3 aliphatic rings. The lowest BCUT2D eigenvalue weighted by molar-refractivity contribution is 0.776. The average molecular weight is 789 g/mol. The van der Waals surface area contributed by atoms with Crippen molar-refractivity contribution in [2.75, 3.05) is 4.90 Å². The van der Waals surface area contributed by atoms with Gasteiger partial charge in [-0.2, -0.15) is 0 Å². The van der Waals surface area contributed by atoms with E-state index in [1.165, 1.54) is 72.0 Å². The number of hydrogen-bond donors (Lipinski definition) is 0. The van der Waals surface area contributed by atoms with Crippen molar-refractivity contribution >= 4 is 45.4 Å². The van der Waals surface area contributed by atoms with Crippen LogP contribution in [0.2, 0.25) is 0 Å². The summed E-state index contributed by atoms with van der Waals surface area (Å²) in [4.78, 5) is 7.50. The third-order valence-corrected chi connectivity index (χ3v) is 13.4. The number of fused-ring (bicyclic) bond motifs is 13. The largest absolute Gasteiger partial charge is 0.311 e. The zero-order chi connectivity index (χ0) is 41.4. The minimum atomic E-state index is -0.561. The van der Waals surface area contributed by atoms with Crippen molar-refractivity contribution in [1.29, 1.82) is 0 Å². The molecule has 290 valence electrons. The van der Waals surface area contributed by atoms with Gasteiger partial charge in [0.25, 0.3) is 0 Å². The summed E-state index contributed by atoms with van der Waals surface area (Å²) in [5, 5.41) is 1.15. The molecule has 8 aromatic carbocycles. The summed E-state index contributed by atoms with van der Waals surface area (Å²) in [5.41, 5.74) is 22.9. The number of para-hydroxylation sites is 2. The molecule has 1 aliphatic carbocycles. The highest BCUT2D eigenvalue weighted by Gasteiger charge is 2.54. The van der Waals surface area contributed by atoms with Gasteiger partial charge in [-0.3, -0.25) is 0 Å². The molecule has 0 N–H and O–H groups in total. The van der Waals surface area contributed by atoms with E-state index in [0.717, 1.165) is 39.2 Å². The van der Waals surface area contributed by atoms with E-state index in [0.29, 0.717) is 0 Å². The molecule has 0 saturated carbocycles. The van der Waals surface area contributed by atoms with E-state index in [1.807, 2.05) is 6.08 Å². The van der Waals surface area contributed by atoms with Crippen molar-refractivity contribution in [3.8, 4) is 44.6 Å². The number of pyridine rings is 1. The second-order valence-electron chi connectivity index (χ2n) is 16.6. The SMILES string of the molecule is C=C/C=C(\C=C/C)N(c1ccccc1)c1ccc(-c2ccc3c(c2)C2(c4ccccc4B4c5ccccc5-c5cccc2c54)c2cc(-c4ccc5ccccc5n4)ccc2-3)cc1. The van der Waals surface area contributed by atoms with Gasteiger partial charge in [0.05, 0.1) is 16.6 Å². The van der Waals surface area contributed by atoms with Gasteiger partial charge in [-0.15, -0.1) is 0 Å². The van der Waals surface area contributed by atoms with E-state index in [2.05, 4.69) is 231 Å². The fourth-order valence-corrected chi connectivity index (χ4v) is 10.9. The van der Waals surface area contributed by atoms with Gasteiger partial charge in [-0.1, -0.05) is 181 Å². The van der Waals surface area contributed by atoms with E-state index in [9.17, 15) is 0 Å². The van der Waals surface area contributed by atoms with Gasteiger partial charge >= 0.3 is 0 Å². The van der Waals surface area contributed by atoms with Gasteiger partial charge in [-0.05, 0) is 123 Å². The molecule has 0 radical (unpaired) electrons. The normalized spacial score (nSPS) is 15.3. The minimum Gasteiger partial charge on any atom is -0.311 e. The molecule has 12 rings (SSSR count). The first-order valence-electron chi connectivity index (χ1n) is 21.6. The molecular weight excluding hydrogens is 747 g/mol. The van der Waals surface area contributed by atoms with Crippen LogP contribution in [0.4, 0.5) is 11.4 Å². The number of rotatable bonds is 7. The maximum atomic E-state index is 5.21. The maximum absolute atomic E-state index is 5.21. The number of anilines is 2. The maximum Gasteiger partial charge on any atom is 0.243 e. The minimum absolute atomic E-state index is 0.169. The Kier molecular flexibility index (Phi) is 8.27. The molecule has 3 heteroatoms. The van der Waals surface area contributed by atoms with E-state index >= 15 is 0 Å². The molecular formula is C59H41BN2. The van der Waals surface area contributed by atoms with Crippen LogP contribution in [-0.2, 0) is 5.41 Å². The highest BCUT2D eigenvalue weighted by Crippen LogP contribution is 2.58. The molecule has 1 aromatic heterocycles. The molecule has 3 heterocycles. The fraction of sp³-hybridized carbons (Fsp3) is 0.0339. The highest BCUT2D eigenvalue weighted by atomic mass is 15.1. The first-order chi connectivity index (χ1) is 30.7. The van der Waals surface area contributed by atoms with E-state index in [-0.39, 0.29) is 6.71 Å². The van der Waals surface area contributed by atoms with Gasteiger partial charge in [0.15, 0.2) is 0 Å². The molecule has 1 unspecified atom stereocenters. The van der Waals surface area contributed by atoms with Crippen LogP contribution in [0, 0.1) is 0 Å². The zero-order valence-corrected chi connectivity index (χ0v) is 34.5. The summed E-state index contributed by atoms with van der Waals surface area (Å²) in [6.07, 6.45) is 8.12. The molecule has 62 heavy (non-hydrogen) atoms. The number of allylic oxidation sites excluding steroid dienone is 4. The van der Waals surface area contributed by atoms with Crippen LogP contribution >= 0.6 is 0 Å². The van der Waals surface area contributed by atoms with Crippen molar-refractivity contribution in [3.63, 3.8) is 0 Å². The predicted octanol–water partition coefficient (Wildman–Crippen LogP) is 12.5. The highest BCUT2D eigenvalue weighted by molar-refractivity contribution is 7.00. The lowest BCUT2D eigenvalue weighted by Gasteiger charge is -2.42. The van der Waals surface area contributed by atoms with E-state index in [4.69, 9.17) is 4.98 Å². The Morgan fingerprint density at radius 1 is 0.532 bits per heavy atom. The van der Waals surface area contributed by atoms with Gasteiger partial charge in [-0.25, -0.2) is 4.98 Å². The second kappa shape index (κ2) is 14.2. The Morgan fingerprint density at radius 2 is 1.18 bits per heavy atom. The number of aromatic nitrogens is 1. The van der Waals surface area contributed by atoms with E-state index < -0.39 is 5.41 Å². The second-order valence-corrected chi connectivity index (χ2v) is 16.6. The molecule has 2 aliphatic heterocycles. The molecule has 1 atom stereocenters. The molecule has 0 saturated heterocycles. The summed E-state index contributed by atoms with van der Waals surface area (Å²) >= 11 is 0. The Morgan fingerprint density at radius 3 is 1.98 bits per heavy atom. The molecule has 1 spiro atoms. The van der Waals surface area contributed by atoms with Gasteiger partial charge in [0.1, 0.15) is 0 Å². The molecule has 0 amide bonds. The van der Waals surface area contributed by atoms with E-state index in [1.54, 1.807) is 0 Å². The molecule has 9 aromatic rings. The van der Waals surface area contributed by atoms with Crippen molar-refractivity contribution in [2.45, 2.75) is 12.3 Å². The van der Waals surface area contributed by atoms with Crippen LogP contribution in [0.25, 0.3) is 55.5 Å². The number of nitrogens with zero attached hydrogens (tertiary/aromatic N) is 2. The van der Waals surface area contributed by atoms with Gasteiger partial charge in [0.2, 0.25) is 6.71 Å². The lowest BCUT2D eigenvalue weighted by Crippen LogP contribution is -2.59. The average Bonchev–Trinajstić information content (AvgIpc) is 3.82. The van der Waals surface area contributed by atoms with Crippen LogP contribution < -0.4 is 21.3 Å². The number of benzene rings is 8. The lowest BCUT2D eigenvalue weighted by atomic mass is 9.32. The Hall–Kier alpha value is -7.75. The van der Waals surface area contributed by atoms with Crippen molar-refractivity contribution < 1.29 is 0 Å². The van der Waals surface area contributed by atoms with Crippen molar-refractivity contribution in [2.24, 2.45) is 0 Å². The van der Waals surface area contributed by atoms with Crippen LogP contribution in [0.1, 0.15) is 29.2 Å². The van der Waals surface area contributed by atoms with Crippen molar-refractivity contribution in [3.05, 3.63) is 253 Å². The Bertz CT molecular complexity index is 3340. The zero-order valence-electron chi connectivity index (χ0n) is 34.5. The third kappa shape index (κ3) is 5.21. The monoisotopic (exact) mass is 788 g/mol. The van der Waals surface area contributed by atoms with Crippen molar-refractivity contribution in [1.82, 2.24) is 4.98 Å². The Balaban J connectivity index is 1.08. The molecule has 0 fully saturated rings. The fourth-order valence-electron chi connectivity index (χ4n) is 10.9. The Labute approximate surface area is 363 Å². The topological polar surface area (TPSA) is 16.1 Å². The number of hydrogen-bond acceptors (Lipinski definition) is 2. The van der Waals surface area contributed by atoms with Crippen LogP contribution in [0.15, 0.2) is 231 Å². The first kappa shape index (κ1) is 36.1. The predicted molar refractivity (Wildman–Crippen MR) is 262 cm³/mol. The smallest absolute Gasteiger partial charge is 0.243 e. The van der Waals surface area contributed by atoms with Crippen LogP contribution in [-0.4, -0.2) is 11.7 Å². The van der Waals surface area contributed by atoms with Gasteiger partial charge in [0, 0.05) is 28.0 Å². The summed E-state index contributed by atoms with van der Waals surface area (Å²) in [5.74, 6) is 0.